The SMILES string of the molecule is Cc1ccc(NC(=O)c2cc3c(s2)CCCC3)c(Br)c1. The van der Waals surface area contributed by atoms with Crippen molar-refractivity contribution in [3.8, 4) is 0 Å². The number of hydrogen-bond donors (Lipinski definition) is 1. The van der Waals surface area contributed by atoms with Crippen LogP contribution in [0.5, 0.6) is 0 Å². The summed E-state index contributed by atoms with van der Waals surface area (Å²) in [5.41, 5.74) is 3.36. The highest BCUT2D eigenvalue weighted by atomic mass is 79.9. The lowest BCUT2D eigenvalue weighted by molar-refractivity contribution is 0.103. The van der Waals surface area contributed by atoms with Gasteiger partial charge in [0, 0.05) is 9.35 Å². The minimum atomic E-state index is -0.00560. The van der Waals surface area contributed by atoms with E-state index >= 15 is 0 Å². The first-order valence-corrected chi connectivity index (χ1v) is 8.43. The zero-order chi connectivity index (χ0) is 14.1. The summed E-state index contributed by atoms with van der Waals surface area (Å²) < 4.78 is 0.923. The molecule has 0 aliphatic heterocycles. The van der Waals surface area contributed by atoms with Crippen molar-refractivity contribution >= 4 is 38.9 Å². The Morgan fingerprint density at radius 2 is 2.05 bits per heavy atom. The largest absolute Gasteiger partial charge is 0.320 e. The van der Waals surface area contributed by atoms with Gasteiger partial charge in [-0.25, -0.2) is 0 Å². The highest BCUT2D eigenvalue weighted by Gasteiger charge is 2.17. The van der Waals surface area contributed by atoms with E-state index in [0.717, 1.165) is 27.9 Å². The van der Waals surface area contributed by atoms with Gasteiger partial charge in [0.1, 0.15) is 0 Å². The molecule has 20 heavy (non-hydrogen) atoms. The fourth-order valence-electron chi connectivity index (χ4n) is 2.51. The van der Waals surface area contributed by atoms with Gasteiger partial charge in [-0.15, -0.1) is 11.3 Å². The maximum Gasteiger partial charge on any atom is 0.265 e. The van der Waals surface area contributed by atoms with Crippen molar-refractivity contribution in [2.24, 2.45) is 0 Å². The molecular formula is C16H16BrNOS. The van der Waals surface area contributed by atoms with Crippen molar-refractivity contribution in [3.63, 3.8) is 0 Å². The summed E-state index contributed by atoms with van der Waals surface area (Å²) in [6.45, 7) is 2.03. The monoisotopic (exact) mass is 349 g/mol. The van der Waals surface area contributed by atoms with Crippen molar-refractivity contribution in [3.05, 3.63) is 49.6 Å². The van der Waals surface area contributed by atoms with E-state index in [1.807, 2.05) is 25.1 Å². The molecule has 2 aromatic rings. The Labute approximate surface area is 131 Å². The number of aryl methyl sites for hydroxylation is 3. The van der Waals surface area contributed by atoms with E-state index in [2.05, 4.69) is 27.3 Å². The third-order valence-corrected chi connectivity index (χ3v) is 5.49. The average molecular weight is 350 g/mol. The number of nitrogens with one attached hydrogen (secondary N) is 1. The maximum atomic E-state index is 12.3. The summed E-state index contributed by atoms with van der Waals surface area (Å²) >= 11 is 5.14. The molecule has 0 radical (unpaired) electrons. The zero-order valence-corrected chi connectivity index (χ0v) is 13.7. The molecular weight excluding hydrogens is 334 g/mol. The van der Waals surface area contributed by atoms with Gasteiger partial charge in [0.25, 0.3) is 5.91 Å². The van der Waals surface area contributed by atoms with Crippen LogP contribution in [0, 0.1) is 6.92 Å². The van der Waals surface area contributed by atoms with Gasteiger partial charge in [-0.05, 0) is 77.9 Å². The van der Waals surface area contributed by atoms with Crippen LogP contribution in [0.15, 0.2) is 28.7 Å². The van der Waals surface area contributed by atoms with E-state index in [1.54, 1.807) is 11.3 Å². The molecule has 0 bridgehead atoms. The molecule has 3 rings (SSSR count). The van der Waals surface area contributed by atoms with Crippen molar-refractivity contribution < 1.29 is 4.79 Å². The van der Waals surface area contributed by atoms with E-state index in [4.69, 9.17) is 0 Å². The first-order valence-electron chi connectivity index (χ1n) is 6.82. The van der Waals surface area contributed by atoms with Crippen molar-refractivity contribution in [1.29, 1.82) is 0 Å². The van der Waals surface area contributed by atoms with E-state index in [1.165, 1.54) is 28.8 Å². The highest BCUT2D eigenvalue weighted by molar-refractivity contribution is 9.10. The molecule has 0 spiro atoms. The van der Waals surface area contributed by atoms with Crippen LogP contribution in [0.25, 0.3) is 0 Å². The Kier molecular flexibility index (Phi) is 3.94. The molecule has 1 amide bonds. The fraction of sp³-hybridized carbons (Fsp3) is 0.312. The Bertz CT molecular complexity index is 639. The van der Waals surface area contributed by atoms with Gasteiger partial charge >= 0.3 is 0 Å². The number of rotatable bonds is 2. The third kappa shape index (κ3) is 2.81. The van der Waals surface area contributed by atoms with E-state index in [-0.39, 0.29) is 5.91 Å². The minimum absolute atomic E-state index is 0.00560. The van der Waals surface area contributed by atoms with Gasteiger partial charge in [0.05, 0.1) is 10.6 Å². The zero-order valence-electron chi connectivity index (χ0n) is 11.3. The van der Waals surface area contributed by atoms with Crippen LogP contribution in [0.2, 0.25) is 0 Å². The number of thiophene rings is 1. The van der Waals surface area contributed by atoms with E-state index in [9.17, 15) is 4.79 Å². The fourth-order valence-corrected chi connectivity index (χ4v) is 4.25. The average Bonchev–Trinajstić information content (AvgIpc) is 2.86. The second-order valence-electron chi connectivity index (χ2n) is 5.20. The summed E-state index contributed by atoms with van der Waals surface area (Å²) in [5.74, 6) is -0.00560. The van der Waals surface area contributed by atoms with Gasteiger partial charge in [0.15, 0.2) is 0 Å². The molecule has 1 aliphatic carbocycles. The molecule has 1 aliphatic rings. The number of anilines is 1. The summed E-state index contributed by atoms with van der Waals surface area (Å²) in [6.07, 6.45) is 4.74. The van der Waals surface area contributed by atoms with Crippen LogP contribution < -0.4 is 5.32 Å². The number of fused-ring (bicyclic) bond motifs is 1. The molecule has 0 saturated carbocycles. The quantitative estimate of drug-likeness (QED) is 0.816. The Hall–Kier alpha value is -1.13. The number of carbonyl (C=O) groups is 1. The second-order valence-corrected chi connectivity index (χ2v) is 7.19. The Balaban J connectivity index is 1.80. The third-order valence-electron chi connectivity index (χ3n) is 3.59. The van der Waals surface area contributed by atoms with Crippen LogP contribution in [-0.4, -0.2) is 5.91 Å². The lowest BCUT2D eigenvalue weighted by atomic mass is 9.99. The van der Waals surface area contributed by atoms with Gasteiger partial charge in [-0.3, -0.25) is 4.79 Å². The van der Waals surface area contributed by atoms with Crippen molar-refractivity contribution in [2.75, 3.05) is 5.32 Å². The first-order chi connectivity index (χ1) is 9.63. The van der Waals surface area contributed by atoms with Crippen LogP contribution >= 0.6 is 27.3 Å². The normalized spacial score (nSPS) is 13.9. The van der Waals surface area contributed by atoms with Gasteiger partial charge in [-0.1, -0.05) is 6.07 Å². The van der Waals surface area contributed by atoms with Gasteiger partial charge < -0.3 is 5.32 Å². The number of halogens is 1. The number of carbonyl (C=O) groups excluding carboxylic acids is 1. The Morgan fingerprint density at radius 3 is 2.80 bits per heavy atom. The molecule has 1 heterocycles. The molecule has 1 aromatic carbocycles. The number of benzene rings is 1. The molecule has 1 N–H and O–H groups in total. The molecule has 2 nitrogen and oxygen atoms in total. The van der Waals surface area contributed by atoms with Crippen molar-refractivity contribution in [2.45, 2.75) is 32.6 Å². The smallest absolute Gasteiger partial charge is 0.265 e. The number of amides is 1. The molecule has 0 atom stereocenters. The van der Waals surface area contributed by atoms with Gasteiger partial charge in [-0.2, -0.15) is 0 Å². The van der Waals surface area contributed by atoms with E-state index < -0.39 is 0 Å². The van der Waals surface area contributed by atoms with Crippen LogP contribution in [0.3, 0.4) is 0 Å². The van der Waals surface area contributed by atoms with Crippen LogP contribution in [0.1, 0.15) is 38.5 Å². The topological polar surface area (TPSA) is 29.1 Å². The minimum Gasteiger partial charge on any atom is -0.320 e. The lowest BCUT2D eigenvalue weighted by Crippen LogP contribution is -2.10. The van der Waals surface area contributed by atoms with Crippen LogP contribution in [0.4, 0.5) is 5.69 Å². The summed E-state index contributed by atoms with van der Waals surface area (Å²) in [7, 11) is 0. The number of hydrogen-bond acceptors (Lipinski definition) is 2. The Morgan fingerprint density at radius 1 is 1.25 bits per heavy atom. The summed E-state index contributed by atoms with van der Waals surface area (Å²) in [5, 5.41) is 2.99. The molecule has 0 fully saturated rings. The maximum absolute atomic E-state index is 12.3. The molecule has 1 aromatic heterocycles. The highest BCUT2D eigenvalue weighted by Crippen LogP contribution is 2.31. The van der Waals surface area contributed by atoms with E-state index in [0.29, 0.717) is 0 Å². The first kappa shape index (κ1) is 13.8. The lowest BCUT2D eigenvalue weighted by Gasteiger charge is -2.08. The standard InChI is InChI=1S/C16H16BrNOS/c1-10-6-7-13(12(17)8-10)18-16(19)15-9-11-4-2-3-5-14(11)20-15/h6-9H,2-5H2,1H3,(H,18,19). The van der Waals surface area contributed by atoms with Crippen LogP contribution in [-0.2, 0) is 12.8 Å². The predicted octanol–water partition coefficient (Wildman–Crippen LogP) is 4.95. The molecule has 0 saturated heterocycles. The summed E-state index contributed by atoms with van der Waals surface area (Å²) in [6, 6.07) is 8.01. The summed E-state index contributed by atoms with van der Waals surface area (Å²) in [4.78, 5) is 14.6. The molecule has 104 valence electrons. The molecule has 4 heteroatoms. The second kappa shape index (κ2) is 5.70. The van der Waals surface area contributed by atoms with Crippen molar-refractivity contribution in [1.82, 2.24) is 0 Å². The predicted molar refractivity (Wildman–Crippen MR) is 87.8 cm³/mol. The van der Waals surface area contributed by atoms with Gasteiger partial charge in [0.2, 0.25) is 0 Å². The molecule has 0 unspecified atom stereocenters.